The summed E-state index contributed by atoms with van der Waals surface area (Å²) in [6, 6.07) is 28.7. The fraction of sp³-hybridized carbons (Fsp3) is 0.357. The maximum absolute atomic E-state index is 12.1. The van der Waals surface area contributed by atoms with Crippen LogP contribution in [0.15, 0.2) is 91.0 Å². The molecule has 1 heterocycles. The van der Waals surface area contributed by atoms with Crippen LogP contribution in [0, 0.1) is 0 Å². The number of ether oxygens (including phenoxy) is 4. The lowest BCUT2D eigenvalue weighted by molar-refractivity contribution is -0.301. The van der Waals surface area contributed by atoms with Gasteiger partial charge in [-0.25, -0.2) is 0 Å². The van der Waals surface area contributed by atoms with Crippen molar-refractivity contribution in [3.8, 4) is 0 Å². The van der Waals surface area contributed by atoms with Gasteiger partial charge in [-0.05, 0) is 16.7 Å². The number of aliphatic hydroxyl groups excluding tert-OH is 1. The van der Waals surface area contributed by atoms with Crippen LogP contribution in [0.5, 0.6) is 0 Å². The Bertz CT molecular complexity index is 1170. The molecule has 3 aromatic rings. The zero-order valence-electron chi connectivity index (χ0n) is 20.6. The average molecular weight is 529 g/mol. The maximum atomic E-state index is 12.1. The molecule has 0 unspecified atom stereocenters. The number of hydrogen-bond donors (Lipinski definition) is 1. The summed E-state index contributed by atoms with van der Waals surface area (Å²) in [5.74, 6) is 0. The van der Waals surface area contributed by atoms with E-state index < -0.39 is 40.8 Å². The molecule has 0 radical (unpaired) electrons. The zero-order valence-corrected chi connectivity index (χ0v) is 21.4. The molecule has 8 nitrogen and oxygen atoms in total. The smallest absolute Gasteiger partial charge is 0.264 e. The SMILES string of the molecule is CS(=O)(=O)O[C@H]1[C@@H](OCc2ccccc2)[C@H](OCc2ccccc2)[C@@H](COCc2ccccc2)O[C@H]1O. The highest BCUT2D eigenvalue weighted by molar-refractivity contribution is 7.86. The monoisotopic (exact) mass is 528 g/mol. The Morgan fingerprint density at radius 3 is 1.65 bits per heavy atom. The topological polar surface area (TPSA) is 101 Å². The van der Waals surface area contributed by atoms with E-state index in [0.29, 0.717) is 6.61 Å². The van der Waals surface area contributed by atoms with Crippen molar-refractivity contribution in [2.24, 2.45) is 0 Å². The first-order chi connectivity index (χ1) is 17.9. The van der Waals surface area contributed by atoms with Crippen molar-refractivity contribution in [2.75, 3.05) is 12.9 Å². The first-order valence-corrected chi connectivity index (χ1v) is 13.9. The van der Waals surface area contributed by atoms with E-state index in [1.165, 1.54) is 0 Å². The molecule has 1 N–H and O–H groups in total. The standard InChI is InChI=1S/C28H32O8S/c1-37(30,31)36-27-26(34-19-23-15-9-4-10-16-23)25(33-18-22-13-7-3-8-14-22)24(35-28(27)29)20-32-17-21-11-5-2-6-12-21/h2-16,24-29H,17-20H2,1H3/t24-,25-,26+,27+,28-/m1/s1. The minimum Gasteiger partial charge on any atom is -0.374 e. The molecule has 37 heavy (non-hydrogen) atoms. The Labute approximate surface area is 217 Å². The molecule has 0 aromatic heterocycles. The van der Waals surface area contributed by atoms with Crippen LogP contribution in [0.3, 0.4) is 0 Å². The van der Waals surface area contributed by atoms with Crippen molar-refractivity contribution in [3.05, 3.63) is 108 Å². The Morgan fingerprint density at radius 2 is 1.16 bits per heavy atom. The van der Waals surface area contributed by atoms with Crippen LogP contribution in [0.1, 0.15) is 16.7 Å². The minimum atomic E-state index is -3.94. The minimum absolute atomic E-state index is 0.0855. The van der Waals surface area contributed by atoms with Gasteiger partial charge in [-0.3, -0.25) is 4.18 Å². The molecule has 5 atom stereocenters. The van der Waals surface area contributed by atoms with Crippen molar-refractivity contribution in [3.63, 3.8) is 0 Å². The third-order valence-electron chi connectivity index (χ3n) is 5.86. The van der Waals surface area contributed by atoms with Crippen molar-refractivity contribution in [1.82, 2.24) is 0 Å². The molecule has 0 saturated carbocycles. The van der Waals surface area contributed by atoms with E-state index in [0.717, 1.165) is 22.9 Å². The molecule has 1 aliphatic heterocycles. The van der Waals surface area contributed by atoms with Gasteiger partial charge < -0.3 is 24.1 Å². The summed E-state index contributed by atoms with van der Waals surface area (Å²) in [5.41, 5.74) is 2.77. The van der Waals surface area contributed by atoms with E-state index in [2.05, 4.69) is 0 Å². The van der Waals surface area contributed by atoms with Gasteiger partial charge in [-0.2, -0.15) is 8.42 Å². The number of rotatable bonds is 12. The summed E-state index contributed by atoms with van der Waals surface area (Å²) in [4.78, 5) is 0. The normalized spacial score (nSPS) is 24.1. The van der Waals surface area contributed by atoms with Gasteiger partial charge in [0.25, 0.3) is 10.1 Å². The van der Waals surface area contributed by atoms with Gasteiger partial charge in [0, 0.05) is 0 Å². The summed E-state index contributed by atoms with van der Waals surface area (Å²) in [5, 5.41) is 10.8. The summed E-state index contributed by atoms with van der Waals surface area (Å²) in [6.07, 6.45) is -4.49. The van der Waals surface area contributed by atoms with Crippen LogP contribution in [-0.2, 0) is 53.1 Å². The molecule has 9 heteroatoms. The Morgan fingerprint density at radius 1 is 0.703 bits per heavy atom. The second kappa shape index (κ2) is 13.3. The highest BCUT2D eigenvalue weighted by atomic mass is 32.2. The summed E-state index contributed by atoms with van der Waals surface area (Å²) in [7, 11) is -3.94. The highest BCUT2D eigenvalue weighted by Gasteiger charge is 2.49. The average Bonchev–Trinajstić information content (AvgIpc) is 2.89. The summed E-state index contributed by atoms with van der Waals surface area (Å²) in [6.45, 7) is 0.796. The molecular formula is C28H32O8S. The van der Waals surface area contributed by atoms with Crippen LogP contribution < -0.4 is 0 Å². The quantitative estimate of drug-likeness (QED) is 0.357. The number of hydrogen-bond acceptors (Lipinski definition) is 8. The molecule has 198 valence electrons. The van der Waals surface area contributed by atoms with Crippen molar-refractivity contribution in [1.29, 1.82) is 0 Å². The Hall–Kier alpha value is -2.63. The van der Waals surface area contributed by atoms with E-state index >= 15 is 0 Å². The first-order valence-electron chi connectivity index (χ1n) is 12.0. The van der Waals surface area contributed by atoms with Gasteiger partial charge in [-0.15, -0.1) is 0 Å². The Balaban J connectivity index is 1.56. The number of aliphatic hydroxyl groups is 1. The molecule has 3 aromatic carbocycles. The van der Waals surface area contributed by atoms with E-state index in [9.17, 15) is 13.5 Å². The van der Waals surface area contributed by atoms with Crippen LogP contribution in [0.2, 0.25) is 0 Å². The number of benzene rings is 3. The molecule has 0 spiro atoms. The Kier molecular flexibility index (Phi) is 9.81. The van der Waals surface area contributed by atoms with Gasteiger partial charge in [0.2, 0.25) is 0 Å². The predicted octanol–water partition coefficient (Wildman–Crippen LogP) is 3.44. The van der Waals surface area contributed by atoms with Gasteiger partial charge in [0.05, 0.1) is 32.7 Å². The van der Waals surface area contributed by atoms with Gasteiger partial charge in [-0.1, -0.05) is 91.0 Å². The van der Waals surface area contributed by atoms with Gasteiger partial charge in [0.15, 0.2) is 12.4 Å². The van der Waals surface area contributed by atoms with E-state index in [1.54, 1.807) is 0 Å². The summed E-state index contributed by atoms with van der Waals surface area (Å²) >= 11 is 0. The lowest BCUT2D eigenvalue weighted by atomic mass is 9.98. The second-order valence-electron chi connectivity index (χ2n) is 8.85. The molecule has 0 amide bonds. The molecule has 1 saturated heterocycles. The summed E-state index contributed by atoms with van der Waals surface area (Å²) < 4.78 is 53.5. The van der Waals surface area contributed by atoms with Crippen molar-refractivity contribution >= 4 is 10.1 Å². The lowest BCUT2D eigenvalue weighted by Crippen LogP contribution is -2.61. The van der Waals surface area contributed by atoms with Crippen LogP contribution >= 0.6 is 0 Å². The molecular weight excluding hydrogens is 496 g/mol. The fourth-order valence-electron chi connectivity index (χ4n) is 4.13. The van der Waals surface area contributed by atoms with E-state index in [1.807, 2.05) is 91.0 Å². The fourth-order valence-corrected chi connectivity index (χ4v) is 4.73. The van der Waals surface area contributed by atoms with Gasteiger partial charge >= 0.3 is 0 Å². The van der Waals surface area contributed by atoms with Crippen LogP contribution in [-0.4, -0.2) is 57.1 Å². The molecule has 0 bridgehead atoms. The molecule has 4 rings (SSSR count). The molecule has 0 aliphatic carbocycles. The zero-order chi connectivity index (χ0) is 26.1. The highest BCUT2D eigenvalue weighted by Crippen LogP contribution is 2.30. The lowest BCUT2D eigenvalue weighted by Gasteiger charge is -2.43. The third-order valence-corrected chi connectivity index (χ3v) is 6.43. The van der Waals surface area contributed by atoms with E-state index in [4.69, 9.17) is 23.1 Å². The van der Waals surface area contributed by atoms with Crippen LogP contribution in [0.25, 0.3) is 0 Å². The first kappa shape index (κ1) is 27.4. The largest absolute Gasteiger partial charge is 0.374 e. The van der Waals surface area contributed by atoms with Crippen molar-refractivity contribution in [2.45, 2.75) is 50.5 Å². The predicted molar refractivity (Wildman–Crippen MR) is 137 cm³/mol. The molecule has 1 aliphatic rings. The van der Waals surface area contributed by atoms with Crippen LogP contribution in [0.4, 0.5) is 0 Å². The van der Waals surface area contributed by atoms with Gasteiger partial charge in [0.1, 0.15) is 18.3 Å². The molecule has 1 fully saturated rings. The second-order valence-corrected chi connectivity index (χ2v) is 10.5. The third kappa shape index (κ3) is 8.44. The van der Waals surface area contributed by atoms with Crippen molar-refractivity contribution < 1.29 is 36.7 Å². The van der Waals surface area contributed by atoms with E-state index in [-0.39, 0.29) is 19.8 Å². The maximum Gasteiger partial charge on any atom is 0.264 e.